The van der Waals surface area contributed by atoms with Crippen molar-refractivity contribution in [3.8, 4) is 11.5 Å². The molecular weight excluding hydrogens is 462 g/mol. The van der Waals surface area contributed by atoms with Gasteiger partial charge in [0.1, 0.15) is 18.0 Å². The van der Waals surface area contributed by atoms with Crippen molar-refractivity contribution >= 4 is 22.8 Å². The molecular formula is C27H25N3O6. The van der Waals surface area contributed by atoms with Gasteiger partial charge in [-0.3, -0.25) is 19.0 Å². The lowest BCUT2D eigenvalue weighted by molar-refractivity contribution is -0.149. The highest BCUT2D eigenvalue weighted by molar-refractivity contribution is 5.81. The maximum absolute atomic E-state index is 12.7. The standard InChI is InChI=1S/C27H25N3O6/c1-34-20-11-7-18(8-12-20)26(19-9-13-21(35-2)14-10-19)29-24(31)16-36-25(32)15-30-17-28-23-6-4-3-5-22(23)27(30)33/h3-14,17,26H,15-16H2,1-2H3,(H,29,31). The Hall–Kier alpha value is -4.66. The molecule has 0 radical (unpaired) electrons. The van der Waals surface area contributed by atoms with Gasteiger partial charge in [-0.1, -0.05) is 36.4 Å². The molecule has 1 N–H and O–H groups in total. The molecule has 4 rings (SSSR count). The lowest BCUT2D eigenvalue weighted by atomic mass is 9.98. The van der Waals surface area contributed by atoms with Crippen LogP contribution in [0.25, 0.3) is 10.9 Å². The van der Waals surface area contributed by atoms with E-state index in [1.807, 2.05) is 24.3 Å². The normalized spacial score (nSPS) is 10.8. The van der Waals surface area contributed by atoms with Crippen molar-refractivity contribution in [3.05, 3.63) is 101 Å². The van der Waals surface area contributed by atoms with Crippen molar-refractivity contribution in [2.75, 3.05) is 20.8 Å². The molecule has 184 valence electrons. The van der Waals surface area contributed by atoms with E-state index in [4.69, 9.17) is 14.2 Å². The zero-order chi connectivity index (χ0) is 25.5. The summed E-state index contributed by atoms with van der Waals surface area (Å²) in [5.41, 5.74) is 1.81. The van der Waals surface area contributed by atoms with Crippen LogP contribution in [-0.4, -0.2) is 42.3 Å². The van der Waals surface area contributed by atoms with Crippen molar-refractivity contribution in [1.29, 1.82) is 0 Å². The van der Waals surface area contributed by atoms with Gasteiger partial charge >= 0.3 is 5.97 Å². The van der Waals surface area contributed by atoms with Gasteiger partial charge in [0.25, 0.3) is 11.5 Å². The molecule has 0 spiro atoms. The van der Waals surface area contributed by atoms with Gasteiger partial charge in [-0.15, -0.1) is 0 Å². The van der Waals surface area contributed by atoms with Gasteiger partial charge in [0.2, 0.25) is 0 Å². The predicted octanol–water partition coefficient (Wildman–Crippen LogP) is 2.86. The molecule has 0 fully saturated rings. The van der Waals surface area contributed by atoms with Gasteiger partial charge in [0, 0.05) is 0 Å². The van der Waals surface area contributed by atoms with Crippen molar-refractivity contribution in [2.24, 2.45) is 0 Å². The van der Waals surface area contributed by atoms with E-state index < -0.39 is 24.5 Å². The van der Waals surface area contributed by atoms with Gasteiger partial charge in [-0.2, -0.15) is 0 Å². The monoisotopic (exact) mass is 487 g/mol. The van der Waals surface area contributed by atoms with Crippen LogP contribution in [-0.2, 0) is 20.9 Å². The van der Waals surface area contributed by atoms with Crippen molar-refractivity contribution in [3.63, 3.8) is 0 Å². The molecule has 0 unspecified atom stereocenters. The average Bonchev–Trinajstić information content (AvgIpc) is 2.92. The largest absolute Gasteiger partial charge is 0.497 e. The van der Waals surface area contributed by atoms with Crippen LogP contribution in [0.1, 0.15) is 17.2 Å². The Labute approximate surface area is 207 Å². The molecule has 0 saturated carbocycles. The summed E-state index contributed by atoms with van der Waals surface area (Å²) in [6, 6.07) is 20.9. The molecule has 0 saturated heterocycles. The molecule has 4 aromatic rings. The Morgan fingerprint density at radius 3 is 2.06 bits per heavy atom. The predicted molar refractivity (Wildman–Crippen MR) is 133 cm³/mol. The quantitative estimate of drug-likeness (QED) is 0.362. The number of benzene rings is 3. The number of carbonyl (C=O) groups excluding carboxylic acids is 2. The molecule has 36 heavy (non-hydrogen) atoms. The van der Waals surface area contributed by atoms with Crippen LogP contribution in [0.3, 0.4) is 0 Å². The minimum atomic E-state index is -0.727. The van der Waals surface area contributed by atoms with Crippen molar-refractivity contribution in [2.45, 2.75) is 12.6 Å². The first-order chi connectivity index (χ1) is 17.5. The SMILES string of the molecule is COc1ccc(C(NC(=O)COC(=O)Cn2cnc3ccccc3c2=O)c2ccc(OC)cc2)cc1. The van der Waals surface area contributed by atoms with Crippen molar-refractivity contribution in [1.82, 2.24) is 14.9 Å². The zero-order valence-electron chi connectivity index (χ0n) is 19.8. The molecule has 3 aromatic carbocycles. The number of nitrogens with one attached hydrogen (secondary N) is 1. The zero-order valence-corrected chi connectivity index (χ0v) is 19.8. The summed E-state index contributed by atoms with van der Waals surface area (Å²) in [5.74, 6) is 0.149. The van der Waals surface area contributed by atoms with E-state index in [0.717, 1.165) is 15.7 Å². The maximum atomic E-state index is 12.7. The summed E-state index contributed by atoms with van der Waals surface area (Å²) >= 11 is 0. The van der Waals surface area contributed by atoms with Crippen LogP contribution >= 0.6 is 0 Å². The van der Waals surface area contributed by atoms with Gasteiger partial charge in [-0.25, -0.2) is 4.98 Å². The number of carbonyl (C=O) groups is 2. The lowest BCUT2D eigenvalue weighted by Gasteiger charge is -2.20. The summed E-state index contributed by atoms with van der Waals surface area (Å²) in [5, 5.41) is 3.30. The molecule has 0 aliphatic rings. The highest BCUT2D eigenvalue weighted by Crippen LogP contribution is 2.26. The van der Waals surface area contributed by atoms with E-state index in [2.05, 4.69) is 10.3 Å². The van der Waals surface area contributed by atoms with Crippen LogP contribution in [0.5, 0.6) is 11.5 Å². The number of methoxy groups -OCH3 is 2. The van der Waals surface area contributed by atoms with Crippen LogP contribution in [0.2, 0.25) is 0 Å². The summed E-state index contributed by atoms with van der Waals surface area (Å²) in [6.45, 7) is -0.859. The van der Waals surface area contributed by atoms with Gasteiger partial charge in [0.15, 0.2) is 6.61 Å². The van der Waals surface area contributed by atoms with E-state index in [1.165, 1.54) is 6.33 Å². The van der Waals surface area contributed by atoms with Crippen LogP contribution in [0.4, 0.5) is 0 Å². The lowest BCUT2D eigenvalue weighted by Crippen LogP contribution is -2.34. The van der Waals surface area contributed by atoms with E-state index in [9.17, 15) is 14.4 Å². The molecule has 9 nitrogen and oxygen atoms in total. The molecule has 9 heteroatoms. The molecule has 1 heterocycles. The summed E-state index contributed by atoms with van der Waals surface area (Å²) < 4.78 is 16.7. The third-order valence-corrected chi connectivity index (χ3v) is 5.60. The molecule has 0 aliphatic carbocycles. The molecule has 1 aromatic heterocycles. The molecule has 1 amide bonds. The van der Waals surface area contributed by atoms with E-state index in [0.29, 0.717) is 22.4 Å². The number of ether oxygens (including phenoxy) is 3. The third kappa shape index (κ3) is 5.69. The smallest absolute Gasteiger partial charge is 0.326 e. The first kappa shape index (κ1) is 24.5. The fourth-order valence-corrected chi connectivity index (χ4v) is 3.70. The first-order valence-corrected chi connectivity index (χ1v) is 11.2. The van der Waals surface area contributed by atoms with Gasteiger partial charge in [-0.05, 0) is 47.5 Å². The van der Waals surface area contributed by atoms with Gasteiger partial charge < -0.3 is 19.5 Å². The number of para-hydroxylation sites is 1. The highest BCUT2D eigenvalue weighted by Gasteiger charge is 2.19. The fourth-order valence-electron chi connectivity index (χ4n) is 3.70. The second-order valence-corrected chi connectivity index (χ2v) is 7.90. The minimum Gasteiger partial charge on any atom is -0.497 e. The van der Waals surface area contributed by atoms with Crippen LogP contribution in [0.15, 0.2) is 83.9 Å². The maximum Gasteiger partial charge on any atom is 0.326 e. The number of hydrogen-bond acceptors (Lipinski definition) is 7. The summed E-state index contributed by atoms with van der Waals surface area (Å²) in [7, 11) is 3.16. The Morgan fingerprint density at radius 1 is 0.889 bits per heavy atom. The van der Waals surface area contributed by atoms with Gasteiger partial charge in [0.05, 0.1) is 37.5 Å². The molecule has 0 aliphatic heterocycles. The Balaban J connectivity index is 1.43. The Bertz CT molecular complexity index is 1370. The third-order valence-electron chi connectivity index (χ3n) is 5.60. The number of esters is 1. The number of hydrogen-bond donors (Lipinski definition) is 1. The number of aromatic nitrogens is 2. The van der Waals surface area contributed by atoms with Crippen LogP contribution < -0.4 is 20.3 Å². The average molecular weight is 488 g/mol. The Morgan fingerprint density at radius 2 is 1.47 bits per heavy atom. The fraction of sp³-hybridized carbons (Fsp3) is 0.185. The van der Waals surface area contributed by atoms with E-state index in [-0.39, 0.29) is 12.1 Å². The topological polar surface area (TPSA) is 109 Å². The number of amides is 1. The second-order valence-electron chi connectivity index (χ2n) is 7.90. The number of rotatable bonds is 9. The summed E-state index contributed by atoms with van der Waals surface area (Å²) in [6.07, 6.45) is 1.29. The van der Waals surface area contributed by atoms with E-state index in [1.54, 1.807) is 62.8 Å². The van der Waals surface area contributed by atoms with E-state index >= 15 is 0 Å². The summed E-state index contributed by atoms with van der Waals surface area (Å²) in [4.78, 5) is 41.8. The Kier molecular flexibility index (Phi) is 7.60. The minimum absolute atomic E-state index is 0.357. The molecule has 0 atom stereocenters. The number of fused-ring (bicyclic) bond motifs is 1. The molecule has 0 bridgehead atoms. The van der Waals surface area contributed by atoms with Crippen molar-refractivity contribution < 1.29 is 23.8 Å². The highest BCUT2D eigenvalue weighted by atomic mass is 16.5. The second kappa shape index (κ2) is 11.2. The number of nitrogens with zero attached hydrogens (tertiary/aromatic N) is 2. The van der Waals surface area contributed by atoms with Crippen LogP contribution in [0, 0.1) is 0 Å². The first-order valence-electron chi connectivity index (χ1n) is 11.2.